The maximum atomic E-state index is 11.5. The van der Waals surface area contributed by atoms with Gasteiger partial charge in [0.2, 0.25) is 0 Å². The van der Waals surface area contributed by atoms with E-state index in [9.17, 15) is 4.79 Å². The largest absolute Gasteiger partial charge is 0.293 e. The van der Waals surface area contributed by atoms with Crippen molar-refractivity contribution in [1.82, 2.24) is 0 Å². The average Bonchev–Trinajstić information content (AvgIpc) is 2.55. The lowest BCUT2D eigenvalue weighted by Crippen LogP contribution is -2.13. The molecular formula is C12H11BrN2O. The lowest BCUT2D eigenvalue weighted by Gasteiger charge is -2.16. The van der Waals surface area contributed by atoms with Gasteiger partial charge in [-0.3, -0.25) is 4.79 Å². The first kappa shape index (κ1) is 11.2. The highest BCUT2D eigenvalue weighted by Gasteiger charge is 2.35. The van der Waals surface area contributed by atoms with Crippen LogP contribution in [-0.2, 0) is 4.79 Å². The van der Waals surface area contributed by atoms with Gasteiger partial charge in [-0.25, -0.2) is 0 Å². The fourth-order valence-electron chi connectivity index (χ4n) is 1.71. The third-order valence-corrected chi connectivity index (χ3v) is 2.98. The smallest absolute Gasteiger partial charge is 0.180 e. The molecule has 4 heteroatoms. The predicted molar refractivity (Wildman–Crippen MR) is 66.2 cm³/mol. The third-order valence-electron chi connectivity index (χ3n) is 2.43. The highest BCUT2D eigenvalue weighted by atomic mass is 79.9. The van der Waals surface area contributed by atoms with E-state index >= 15 is 0 Å². The molecule has 1 aromatic carbocycles. The summed E-state index contributed by atoms with van der Waals surface area (Å²) < 4.78 is -0.602. The Hall–Kier alpha value is -1.29. The molecule has 0 amide bonds. The number of azo groups is 1. The van der Waals surface area contributed by atoms with Crippen molar-refractivity contribution < 1.29 is 4.79 Å². The standard InChI is InChI=1S/C12H11BrN2O/c1-8(16)11-10(12(2,13)15-14-11)9-6-4-3-5-7-9/h3-7H,1-2H3. The zero-order valence-electron chi connectivity index (χ0n) is 9.07. The predicted octanol–water partition coefficient (Wildman–Crippen LogP) is 3.56. The second-order valence-corrected chi connectivity index (χ2v) is 5.34. The third kappa shape index (κ3) is 1.85. The van der Waals surface area contributed by atoms with Crippen LogP contribution in [0.4, 0.5) is 0 Å². The van der Waals surface area contributed by atoms with Crippen molar-refractivity contribution in [1.29, 1.82) is 0 Å². The van der Waals surface area contributed by atoms with Gasteiger partial charge in [-0.15, -0.1) is 0 Å². The molecule has 16 heavy (non-hydrogen) atoms. The highest BCUT2D eigenvalue weighted by molar-refractivity contribution is 9.10. The number of Topliss-reactive ketones (excluding diaryl/α,β-unsaturated/α-hetero) is 1. The molecule has 0 radical (unpaired) electrons. The molecule has 1 aromatic rings. The van der Waals surface area contributed by atoms with E-state index in [4.69, 9.17) is 0 Å². The molecular weight excluding hydrogens is 268 g/mol. The summed E-state index contributed by atoms with van der Waals surface area (Å²) in [4.78, 5) is 11.5. The molecule has 0 N–H and O–H groups in total. The van der Waals surface area contributed by atoms with Crippen molar-refractivity contribution in [2.45, 2.75) is 18.3 Å². The Labute approximate surface area is 102 Å². The van der Waals surface area contributed by atoms with Crippen LogP contribution < -0.4 is 0 Å². The van der Waals surface area contributed by atoms with Crippen molar-refractivity contribution in [3.63, 3.8) is 0 Å². The quantitative estimate of drug-likeness (QED) is 0.602. The van der Waals surface area contributed by atoms with Gasteiger partial charge < -0.3 is 0 Å². The van der Waals surface area contributed by atoms with E-state index in [2.05, 4.69) is 26.2 Å². The Kier molecular flexibility index (Phi) is 2.76. The van der Waals surface area contributed by atoms with Gasteiger partial charge in [-0.05, 0) is 12.5 Å². The summed E-state index contributed by atoms with van der Waals surface area (Å²) >= 11 is 3.48. The number of carbonyl (C=O) groups is 1. The van der Waals surface area contributed by atoms with E-state index in [1.807, 2.05) is 37.3 Å². The summed E-state index contributed by atoms with van der Waals surface area (Å²) in [5.74, 6) is -0.0641. The fraction of sp³-hybridized carbons (Fsp3) is 0.250. The number of hydrogen-bond donors (Lipinski definition) is 0. The van der Waals surface area contributed by atoms with Crippen LogP contribution in [-0.4, -0.2) is 10.2 Å². The highest BCUT2D eigenvalue weighted by Crippen LogP contribution is 2.43. The fourth-order valence-corrected chi connectivity index (χ4v) is 2.21. The summed E-state index contributed by atoms with van der Waals surface area (Å²) in [6.07, 6.45) is 0. The zero-order valence-corrected chi connectivity index (χ0v) is 10.7. The van der Waals surface area contributed by atoms with Gasteiger partial charge >= 0.3 is 0 Å². The molecule has 1 aliphatic rings. The SMILES string of the molecule is CC(=O)C1=C(c2ccccc2)C(C)(Br)N=N1. The molecule has 1 aliphatic heterocycles. The maximum Gasteiger partial charge on any atom is 0.180 e. The summed E-state index contributed by atoms with van der Waals surface area (Å²) in [5.41, 5.74) is 2.24. The van der Waals surface area contributed by atoms with Crippen molar-refractivity contribution in [2.24, 2.45) is 10.2 Å². The van der Waals surface area contributed by atoms with Gasteiger partial charge in [0.1, 0.15) is 5.70 Å². The van der Waals surface area contributed by atoms with Crippen molar-refractivity contribution in [2.75, 3.05) is 0 Å². The van der Waals surface area contributed by atoms with E-state index in [0.29, 0.717) is 5.70 Å². The summed E-state index contributed by atoms with van der Waals surface area (Å²) in [5, 5.41) is 8.03. The number of halogens is 1. The number of alkyl halides is 1. The number of benzene rings is 1. The lowest BCUT2D eigenvalue weighted by atomic mass is 9.97. The molecule has 3 nitrogen and oxygen atoms in total. The first-order valence-electron chi connectivity index (χ1n) is 4.95. The first-order valence-corrected chi connectivity index (χ1v) is 5.74. The van der Waals surface area contributed by atoms with Gasteiger partial charge in [-0.1, -0.05) is 46.3 Å². The minimum atomic E-state index is -0.602. The van der Waals surface area contributed by atoms with Crippen molar-refractivity contribution in [3.8, 4) is 0 Å². The zero-order chi connectivity index (χ0) is 11.8. The van der Waals surface area contributed by atoms with Crippen LogP contribution in [0, 0.1) is 0 Å². The van der Waals surface area contributed by atoms with E-state index in [0.717, 1.165) is 11.1 Å². The minimum absolute atomic E-state index is 0.0641. The summed E-state index contributed by atoms with van der Waals surface area (Å²) in [7, 11) is 0. The number of allylic oxidation sites excluding steroid dienone is 1. The van der Waals surface area contributed by atoms with E-state index in [1.54, 1.807) is 0 Å². The van der Waals surface area contributed by atoms with Gasteiger partial charge in [0.05, 0.1) is 0 Å². The van der Waals surface area contributed by atoms with Crippen molar-refractivity contribution in [3.05, 3.63) is 41.6 Å². The average molecular weight is 279 g/mol. The van der Waals surface area contributed by atoms with Crippen LogP contribution in [0.15, 0.2) is 46.3 Å². The van der Waals surface area contributed by atoms with Crippen LogP contribution in [0.3, 0.4) is 0 Å². The molecule has 82 valence electrons. The van der Waals surface area contributed by atoms with E-state index < -0.39 is 4.45 Å². The van der Waals surface area contributed by atoms with Gasteiger partial charge in [0.25, 0.3) is 0 Å². The molecule has 0 aliphatic carbocycles. The van der Waals surface area contributed by atoms with Crippen LogP contribution in [0.25, 0.3) is 5.57 Å². The molecule has 1 heterocycles. The maximum absolute atomic E-state index is 11.5. The van der Waals surface area contributed by atoms with Gasteiger partial charge in [0, 0.05) is 12.5 Å². The van der Waals surface area contributed by atoms with E-state index in [-0.39, 0.29) is 5.78 Å². The topological polar surface area (TPSA) is 41.8 Å². The van der Waals surface area contributed by atoms with Crippen LogP contribution in [0.5, 0.6) is 0 Å². The second kappa shape index (κ2) is 3.94. The summed E-state index contributed by atoms with van der Waals surface area (Å²) in [6.45, 7) is 3.39. The molecule has 2 rings (SSSR count). The number of hydrogen-bond acceptors (Lipinski definition) is 3. The normalized spacial score (nSPS) is 23.9. The molecule has 1 atom stereocenters. The number of nitrogens with zero attached hydrogens (tertiary/aromatic N) is 2. The molecule has 0 saturated carbocycles. The second-order valence-electron chi connectivity index (χ2n) is 3.80. The lowest BCUT2D eigenvalue weighted by molar-refractivity contribution is -0.113. The van der Waals surface area contributed by atoms with Gasteiger partial charge in [0.15, 0.2) is 10.2 Å². The number of ketones is 1. The minimum Gasteiger partial charge on any atom is -0.293 e. The van der Waals surface area contributed by atoms with E-state index in [1.165, 1.54) is 6.92 Å². The molecule has 0 saturated heterocycles. The molecule has 0 bridgehead atoms. The first-order chi connectivity index (χ1) is 7.52. The molecule has 0 fully saturated rings. The molecule has 0 aromatic heterocycles. The number of carbonyl (C=O) groups excluding carboxylic acids is 1. The Morgan fingerprint density at radius 2 is 1.94 bits per heavy atom. The van der Waals surface area contributed by atoms with Crippen molar-refractivity contribution >= 4 is 27.3 Å². The van der Waals surface area contributed by atoms with Crippen LogP contribution in [0.2, 0.25) is 0 Å². The Morgan fingerprint density at radius 3 is 2.50 bits per heavy atom. The Morgan fingerprint density at radius 1 is 1.31 bits per heavy atom. The molecule has 1 unspecified atom stereocenters. The Balaban J connectivity index is 2.60. The Bertz CT molecular complexity index is 489. The van der Waals surface area contributed by atoms with Gasteiger partial charge in [-0.2, -0.15) is 10.2 Å². The summed E-state index contributed by atoms with van der Waals surface area (Å²) in [6, 6.07) is 9.71. The number of rotatable bonds is 2. The monoisotopic (exact) mass is 278 g/mol. The molecule has 0 spiro atoms. The van der Waals surface area contributed by atoms with Crippen LogP contribution >= 0.6 is 15.9 Å². The van der Waals surface area contributed by atoms with Crippen LogP contribution in [0.1, 0.15) is 19.4 Å².